The summed E-state index contributed by atoms with van der Waals surface area (Å²) in [6, 6.07) is -1.38. The van der Waals surface area contributed by atoms with Crippen molar-refractivity contribution in [1.29, 1.82) is 0 Å². The Morgan fingerprint density at radius 2 is 1.51 bits per heavy atom. The average Bonchev–Trinajstić information content (AvgIpc) is 3.17. The lowest BCUT2D eigenvalue weighted by atomic mass is 9.74. The van der Waals surface area contributed by atoms with Gasteiger partial charge in [-0.05, 0) is 81.3 Å². The summed E-state index contributed by atoms with van der Waals surface area (Å²) in [5.41, 5.74) is 0.163. The van der Waals surface area contributed by atoms with Gasteiger partial charge in [0.25, 0.3) is 0 Å². The van der Waals surface area contributed by atoms with Crippen molar-refractivity contribution in [3.8, 4) is 0 Å². The minimum Gasteiger partial charge on any atom is -0.481 e. The molecular formula is C42H76N2O17. The predicted octanol–water partition coefficient (Wildman–Crippen LogP) is 1.05. The number of Topliss-reactive ketones (excluding diaryl/α,β-unsaturated/α-hetero) is 1. The zero-order chi connectivity index (χ0) is 47.1. The van der Waals surface area contributed by atoms with E-state index in [1.807, 2.05) is 25.9 Å². The van der Waals surface area contributed by atoms with E-state index in [9.17, 15) is 44.7 Å². The van der Waals surface area contributed by atoms with Crippen LogP contribution in [0.3, 0.4) is 0 Å². The molecular weight excluding hydrogens is 804 g/mol. The Morgan fingerprint density at radius 3 is 2.02 bits per heavy atom. The van der Waals surface area contributed by atoms with Crippen LogP contribution in [-0.2, 0) is 47.6 Å². The lowest BCUT2D eigenvalue weighted by Crippen LogP contribution is -2.61. The minimum atomic E-state index is -1.99. The molecule has 3 rings (SSSR count). The summed E-state index contributed by atoms with van der Waals surface area (Å²) in [6.45, 7) is 16.3. The molecule has 0 amide bonds. The zero-order valence-electron chi connectivity index (χ0n) is 38.2. The van der Waals surface area contributed by atoms with Gasteiger partial charge in [0, 0.05) is 43.7 Å². The fourth-order valence-corrected chi connectivity index (χ4v) is 8.81. The number of nitrogens with zero attached hydrogens (tertiary/aromatic N) is 1. The normalized spacial score (nSPS) is 43.6. The third-order valence-corrected chi connectivity index (χ3v) is 12.8. The maximum absolute atomic E-state index is 14.1. The van der Waals surface area contributed by atoms with E-state index in [0.717, 1.165) is 0 Å². The molecule has 356 valence electrons. The number of cyclic esters (lactones) is 1. The molecule has 3 aliphatic rings. The van der Waals surface area contributed by atoms with E-state index in [2.05, 4.69) is 0 Å². The van der Waals surface area contributed by atoms with E-state index >= 15 is 0 Å². The third kappa shape index (κ3) is 13.8. The maximum Gasteiger partial charge on any atom is 0.320 e. The number of aliphatic hydroxyl groups is 5. The number of ketones is 1. The molecule has 0 aromatic heterocycles. The number of ether oxygens (including phenoxy) is 6. The molecule has 3 aliphatic heterocycles. The third-order valence-electron chi connectivity index (χ3n) is 12.8. The van der Waals surface area contributed by atoms with Crippen molar-refractivity contribution in [1.82, 2.24) is 4.90 Å². The number of carbonyl (C=O) groups is 4. The number of aliphatic hydroxyl groups excluding tert-OH is 3. The van der Waals surface area contributed by atoms with Gasteiger partial charge in [0.2, 0.25) is 0 Å². The first-order chi connectivity index (χ1) is 28.0. The van der Waals surface area contributed by atoms with Crippen molar-refractivity contribution >= 4 is 23.7 Å². The van der Waals surface area contributed by atoms with Crippen LogP contribution in [0.25, 0.3) is 0 Å². The number of likely N-dealkylation sites (N-methyl/N-ethyl adjacent to an activating group) is 1. The fraction of sp³-hybridized carbons (Fsp3) is 0.905. The Balaban J connectivity index is 0.00000113. The van der Waals surface area contributed by atoms with E-state index in [-0.39, 0.29) is 44.2 Å². The number of carboxylic acid groups (broad SMARTS) is 2. The van der Waals surface area contributed by atoms with E-state index in [1.54, 1.807) is 41.5 Å². The molecule has 61 heavy (non-hydrogen) atoms. The van der Waals surface area contributed by atoms with Crippen LogP contribution in [0.4, 0.5) is 0 Å². The van der Waals surface area contributed by atoms with Gasteiger partial charge in [0.1, 0.15) is 35.7 Å². The van der Waals surface area contributed by atoms with Gasteiger partial charge in [-0.1, -0.05) is 27.7 Å². The van der Waals surface area contributed by atoms with Crippen LogP contribution < -0.4 is 5.73 Å². The lowest BCUT2D eigenvalue weighted by molar-refractivity contribution is -0.318. The fourth-order valence-electron chi connectivity index (χ4n) is 8.81. The summed E-state index contributed by atoms with van der Waals surface area (Å²) >= 11 is 0. The van der Waals surface area contributed by atoms with Crippen LogP contribution in [0.2, 0.25) is 0 Å². The molecule has 19 atom stereocenters. The Kier molecular flexibility index (Phi) is 20.2. The molecule has 9 N–H and O–H groups in total. The minimum absolute atomic E-state index is 0.0231. The standard InChI is InChI=1S/C37H67NO13.C5H9NO4/c1-14-25-37(10,45)30(41)20(4)27(39)18(2)16-35(8,44)32(51-34-28(40)24(38(11)12)15-19(3)47-34)21(5)29(22(6)33(43)49-25)50-26-17-36(9,46-13)31(42)23(7)48-26;6-3(5(9)10)1-2-4(7)8/h18-26,28-32,34,40-42,44-45H,14-17H2,1-13H3;3H,1-2,6H2,(H,7,8)(H,9,10)/t18-,19-,20+,21+,22-,23+,24+,25-,26+,28-,29+,30-,31+,32-,34+,35-,36-,37-;/m1./s1. The monoisotopic (exact) mass is 881 g/mol. The van der Waals surface area contributed by atoms with E-state index in [1.165, 1.54) is 27.9 Å². The number of hydrogen-bond acceptors (Lipinski definition) is 17. The summed E-state index contributed by atoms with van der Waals surface area (Å²) in [4.78, 5) is 49.6. The molecule has 0 aromatic carbocycles. The number of esters is 1. The van der Waals surface area contributed by atoms with Crippen LogP contribution in [0.15, 0.2) is 0 Å². The first-order valence-corrected chi connectivity index (χ1v) is 21.2. The Hall–Kier alpha value is -2.40. The van der Waals surface area contributed by atoms with Crippen LogP contribution >= 0.6 is 0 Å². The topological polar surface area (TPSA) is 295 Å². The van der Waals surface area contributed by atoms with Crippen molar-refractivity contribution in [2.24, 2.45) is 29.4 Å². The highest BCUT2D eigenvalue weighted by Gasteiger charge is 2.53. The van der Waals surface area contributed by atoms with E-state index in [0.29, 0.717) is 6.42 Å². The first kappa shape index (κ1) is 54.7. The number of aliphatic carboxylic acids is 2. The lowest BCUT2D eigenvalue weighted by Gasteiger charge is -2.49. The van der Waals surface area contributed by atoms with Crippen molar-refractivity contribution in [2.45, 2.75) is 198 Å². The van der Waals surface area contributed by atoms with Crippen molar-refractivity contribution in [2.75, 3.05) is 21.2 Å². The van der Waals surface area contributed by atoms with Crippen LogP contribution in [0.5, 0.6) is 0 Å². The van der Waals surface area contributed by atoms with Gasteiger partial charge in [-0.25, -0.2) is 0 Å². The molecule has 3 heterocycles. The maximum atomic E-state index is 14.1. The molecule has 3 fully saturated rings. The second-order valence-corrected chi connectivity index (χ2v) is 18.3. The van der Waals surface area contributed by atoms with Gasteiger partial charge in [0.15, 0.2) is 12.6 Å². The molecule has 0 aliphatic carbocycles. The van der Waals surface area contributed by atoms with Crippen LogP contribution in [0.1, 0.15) is 108 Å². The van der Waals surface area contributed by atoms with Crippen LogP contribution in [-0.4, -0.2) is 176 Å². The van der Waals surface area contributed by atoms with Crippen molar-refractivity contribution < 1.29 is 83.3 Å². The molecule has 0 bridgehead atoms. The van der Waals surface area contributed by atoms with E-state index in [4.69, 9.17) is 44.4 Å². The number of methoxy groups -OCH3 is 1. The smallest absolute Gasteiger partial charge is 0.320 e. The second kappa shape index (κ2) is 22.5. The van der Waals surface area contributed by atoms with Gasteiger partial charge in [-0.15, -0.1) is 0 Å². The molecule has 0 aromatic rings. The summed E-state index contributed by atoms with van der Waals surface area (Å²) < 4.78 is 37.1. The molecule has 0 saturated carbocycles. The number of hydrogen-bond donors (Lipinski definition) is 8. The SMILES string of the molecule is CC[C@H]1OC(=O)[C@H](C)[C@@H](O[C@H]2C[C@@](C)(OC)[C@@H](O)[C@H](C)O2)[C@H](C)[C@@H](O[C@@H]2O[C@H](C)C[C@H](N(C)C)[C@H]2O)[C@](C)(O)C[C@@H](C)C(=O)[C@H](C)[C@@H](O)[C@]1(C)O.NC(CCC(=O)O)C(=O)O. The number of rotatable bonds is 11. The zero-order valence-corrected chi connectivity index (χ0v) is 38.2. The largest absolute Gasteiger partial charge is 0.481 e. The summed E-state index contributed by atoms with van der Waals surface area (Å²) in [5, 5.41) is 73.9. The molecule has 1 unspecified atom stereocenters. The van der Waals surface area contributed by atoms with Gasteiger partial charge in [0.05, 0.1) is 47.6 Å². The number of carboxylic acids is 2. The number of carbonyl (C=O) groups excluding carboxylic acids is 2. The van der Waals surface area contributed by atoms with Crippen molar-refractivity contribution in [3.63, 3.8) is 0 Å². The molecule has 19 nitrogen and oxygen atoms in total. The van der Waals surface area contributed by atoms with Gasteiger partial charge in [-0.3, -0.25) is 19.2 Å². The summed E-state index contributed by atoms with van der Waals surface area (Å²) in [7, 11) is 5.18. The van der Waals surface area contributed by atoms with Gasteiger partial charge in [-0.2, -0.15) is 0 Å². The quantitative estimate of drug-likeness (QED) is 0.135. The Bertz CT molecular complexity index is 1450. The Labute approximate surface area is 360 Å². The Morgan fingerprint density at radius 1 is 0.918 bits per heavy atom. The average molecular weight is 881 g/mol. The molecule has 0 radical (unpaired) electrons. The second-order valence-electron chi connectivity index (χ2n) is 18.3. The predicted molar refractivity (Wildman–Crippen MR) is 219 cm³/mol. The van der Waals surface area contributed by atoms with Crippen LogP contribution in [0, 0.1) is 23.7 Å². The summed E-state index contributed by atoms with van der Waals surface area (Å²) in [5.74, 6) is -7.17. The van der Waals surface area contributed by atoms with Gasteiger partial charge >= 0.3 is 17.9 Å². The highest BCUT2D eigenvalue weighted by atomic mass is 16.7. The molecule has 19 heteroatoms. The summed E-state index contributed by atoms with van der Waals surface area (Å²) in [6.07, 6.45) is -9.93. The van der Waals surface area contributed by atoms with Crippen molar-refractivity contribution in [3.05, 3.63) is 0 Å². The first-order valence-electron chi connectivity index (χ1n) is 21.2. The van der Waals surface area contributed by atoms with E-state index < -0.39 is 126 Å². The molecule has 0 spiro atoms. The highest BCUT2D eigenvalue weighted by molar-refractivity contribution is 5.83. The highest BCUT2D eigenvalue weighted by Crippen LogP contribution is 2.40. The van der Waals surface area contributed by atoms with Gasteiger partial charge < -0.3 is 74.8 Å². The number of nitrogens with two attached hydrogens (primary N) is 1. The molecule has 3 saturated heterocycles.